The lowest BCUT2D eigenvalue weighted by molar-refractivity contribution is -0.142. The monoisotopic (exact) mass is 571 g/mol. The van der Waals surface area contributed by atoms with Crippen molar-refractivity contribution < 1.29 is 29.0 Å². The third kappa shape index (κ3) is 7.42. The molecule has 0 aliphatic carbocycles. The first-order chi connectivity index (χ1) is 17.2. The Balaban J connectivity index is 1.84. The maximum Gasteiger partial charge on any atom is 0.407 e. The predicted octanol–water partition coefficient (Wildman–Crippen LogP) is 2.40. The van der Waals surface area contributed by atoms with Gasteiger partial charge in [-0.25, -0.2) is 9.78 Å². The molecule has 1 N–H and O–H groups in total. The van der Waals surface area contributed by atoms with E-state index in [0.29, 0.717) is 62.8 Å². The van der Waals surface area contributed by atoms with E-state index in [1.807, 2.05) is 18.4 Å². The number of methoxy groups -OCH3 is 1. The smallest absolute Gasteiger partial charge is 0.407 e. The maximum atomic E-state index is 13.9. The molecule has 0 saturated carbocycles. The van der Waals surface area contributed by atoms with E-state index >= 15 is 0 Å². The highest BCUT2D eigenvalue weighted by Gasteiger charge is 2.40. The summed E-state index contributed by atoms with van der Waals surface area (Å²) in [7, 11) is 1.66. The van der Waals surface area contributed by atoms with Crippen molar-refractivity contribution >= 4 is 33.8 Å². The van der Waals surface area contributed by atoms with Gasteiger partial charge in [0.05, 0.1) is 25.2 Å². The van der Waals surface area contributed by atoms with E-state index in [1.54, 1.807) is 23.1 Å². The number of halogens is 1. The zero-order chi connectivity index (χ0) is 26.2. The Bertz CT molecular complexity index is 904. The highest BCUT2D eigenvalue weighted by atomic mass is 79.9. The lowest BCUT2D eigenvalue weighted by Crippen LogP contribution is -2.58. The highest BCUT2D eigenvalue weighted by Crippen LogP contribution is 2.26. The molecule has 1 aromatic rings. The molecule has 11 nitrogen and oxygen atoms in total. The number of carbonyl (C=O) groups excluding carboxylic acids is 2. The molecule has 1 aromatic heterocycles. The van der Waals surface area contributed by atoms with Crippen molar-refractivity contribution in [3.05, 3.63) is 16.6 Å². The molecule has 36 heavy (non-hydrogen) atoms. The number of aryl methyl sites for hydroxylation is 1. The maximum absolute atomic E-state index is 13.9. The summed E-state index contributed by atoms with van der Waals surface area (Å²) in [6.45, 7) is 7.96. The molecular weight excluding hydrogens is 534 g/mol. The van der Waals surface area contributed by atoms with Crippen molar-refractivity contribution in [2.75, 3.05) is 59.7 Å². The topological polar surface area (TPSA) is 117 Å². The zero-order valence-corrected chi connectivity index (χ0v) is 23.0. The number of rotatable bonds is 10. The van der Waals surface area contributed by atoms with Crippen LogP contribution in [0.15, 0.2) is 10.8 Å². The molecule has 0 radical (unpaired) electrons. The molecule has 2 fully saturated rings. The van der Waals surface area contributed by atoms with Crippen molar-refractivity contribution in [2.24, 2.45) is 11.8 Å². The van der Waals surface area contributed by atoms with Gasteiger partial charge in [0, 0.05) is 59.2 Å². The Morgan fingerprint density at radius 3 is 2.58 bits per heavy atom. The van der Waals surface area contributed by atoms with E-state index in [1.165, 1.54) is 4.90 Å². The van der Waals surface area contributed by atoms with Crippen molar-refractivity contribution in [1.29, 1.82) is 0 Å². The van der Waals surface area contributed by atoms with Gasteiger partial charge in [0.25, 0.3) is 5.91 Å². The SMILES string of the molecule is COCCCCn1cc(Br)nc1C(=O)N(CC(C)C)[C@H]1C[C@@H](C(=O)N2CCOCC2)CN(C(=O)O)C1. The number of hydrogen-bond acceptors (Lipinski definition) is 6. The number of aromatic nitrogens is 2. The van der Waals surface area contributed by atoms with Crippen LogP contribution < -0.4 is 0 Å². The first-order valence-electron chi connectivity index (χ1n) is 12.6. The number of carbonyl (C=O) groups is 3. The van der Waals surface area contributed by atoms with Gasteiger partial charge >= 0.3 is 6.09 Å². The van der Waals surface area contributed by atoms with Crippen LogP contribution in [-0.4, -0.2) is 113 Å². The molecule has 3 heterocycles. The average molecular weight is 573 g/mol. The molecule has 2 aliphatic rings. The number of imidazole rings is 1. The van der Waals surface area contributed by atoms with Crippen LogP contribution in [0.1, 0.15) is 43.7 Å². The normalized spacial score (nSPS) is 20.6. The molecule has 2 atom stereocenters. The quantitative estimate of drug-likeness (QED) is 0.428. The second-order valence-electron chi connectivity index (χ2n) is 9.84. The molecule has 0 unspecified atom stereocenters. The van der Waals surface area contributed by atoms with Gasteiger partial charge in [0.2, 0.25) is 5.91 Å². The van der Waals surface area contributed by atoms with Crippen LogP contribution in [0.3, 0.4) is 0 Å². The fourth-order valence-corrected chi connectivity index (χ4v) is 5.26. The van der Waals surface area contributed by atoms with Gasteiger partial charge in [-0.15, -0.1) is 0 Å². The third-order valence-corrected chi connectivity index (χ3v) is 6.95. The number of nitrogens with zero attached hydrogens (tertiary/aromatic N) is 5. The molecule has 3 rings (SSSR count). The minimum absolute atomic E-state index is 0.0754. The van der Waals surface area contributed by atoms with Crippen molar-refractivity contribution in [2.45, 2.75) is 45.7 Å². The van der Waals surface area contributed by atoms with Crippen LogP contribution in [0.2, 0.25) is 0 Å². The summed E-state index contributed by atoms with van der Waals surface area (Å²) < 4.78 is 12.9. The second kappa shape index (κ2) is 13.4. The lowest BCUT2D eigenvalue weighted by atomic mass is 9.91. The Morgan fingerprint density at radius 2 is 1.94 bits per heavy atom. The highest BCUT2D eigenvalue weighted by molar-refractivity contribution is 9.10. The van der Waals surface area contributed by atoms with E-state index in [9.17, 15) is 19.5 Å². The van der Waals surface area contributed by atoms with Crippen molar-refractivity contribution in [1.82, 2.24) is 24.3 Å². The molecule has 0 bridgehead atoms. The number of hydrogen-bond donors (Lipinski definition) is 1. The predicted molar refractivity (Wildman–Crippen MR) is 136 cm³/mol. The minimum Gasteiger partial charge on any atom is -0.465 e. The van der Waals surface area contributed by atoms with E-state index in [0.717, 1.165) is 12.8 Å². The van der Waals surface area contributed by atoms with Crippen LogP contribution >= 0.6 is 15.9 Å². The number of piperidine rings is 1. The van der Waals surface area contributed by atoms with E-state index in [2.05, 4.69) is 20.9 Å². The average Bonchev–Trinajstić information content (AvgIpc) is 3.24. The largest absolute Gasteiger partial charge is 0.465 e. The van der Waals surface area contributed by atoms with E-state index < -0.39 is 18.1 Å². The fourth-order valence-electron chi connectivity index (χ4n) is 4.85. The van der Waals surface area contributed by atoms with E-state index in [-0.39, 0.29) is 30.8 Å². The van der Waals surface area contributed by atoms with Gasteiger partial charge in [-0.2, -0.15) is 0 Å². The van der Waals surface area contributed by atoms with Crippen LogP contribution in [0.4, 0.5) is 4.79 Å². The standard InChI is InChI=1S/C24H38BrN5O6/c1-17(2)13-30(23(32)21-26-20(25)16-28(21)6-4-5-9-35-3)19-12-18(14-29(15-19)24(33)34)22(31)27-7-10-36-11-8-27/h16-19H,4-15H2,1-3H3,(H,33,34)/t18-,19+/m1/s1. The van der Waals surface area contributed by atoms with Crippen LogP contribution in [-0.2, 0) is 20.8 Å². The van der Waals surface area contributed by atoms with Gasteiger partial charge in [0.1, 0.15) is 4.60 Å². The Kier molecular flexibility index (Phi) is 10.6. The second-order valence-corrected chi connectivity index (χ2v) is 10.7. The number of carboxylic acid groups (broad SMARTS) is 1. The molecule has 2 saturated heterocycles. The van der Waals surface area contributed by atoms with E-state index in [4.69, 9.17) is 9.47 Å². The number of amides is 3. The fraction of sp³-hybridized carbons (Fsp3) is 0.750. The molecule has 0 spiro atoms. The Labute approximate surface area is 220 Å². The van der Waals surface area contributed by atoms with Crippen LogP contribution in [0.5, 0.6) is 0 Å². The first-order valence-corrected chi connectivity index (χ1v) is 13.4. The zero-order valence-electron chi connectivity index (χ0n) is 21.4. The number of likely N-dealkylation sites (tertiary alicyclic amines) is 1. The summed E-state index contributed by atoms with van der Waals surface area (Å²) in [6, 6.07) is -0.433. The summed E-state index contributed by atoms with van der Waals surface area (Å²) >= 11 is 3.40. The first kappa shape index (κ1) is 28.4. The van der Waals surface area contributed by atoms with Crippen molar-refractivity contribution in [3.8, 4) is 0 Å². The number of ether oxygens (including phenoxy) is 2. The summed E-state index contributed by atoms with van der Waals surface area (Å²) in [5.74, 6) is -0.384. The minimum atomic E-state index is -1.08. The summed E-state index contributed by atoms with van der Waals surface area (Å²) in [6.07, 6.45) is 2.81. The van der Waals surface area contributed by atoms with Crippen molar-refractivity contribution in [3.63, 3.8) is 0 Å². The van der Waals surface area contributed by atoms with Gasteiger partial charge in [-0.1, -0.05) is 13.8 Å². The summed E-state index contributed by atoms with van der Waals surface area (Å²) in [4.78, 5) is 48.4. The molecule has 2 aliphatic heterocycles. The van der Waals surface area contributed by atoms with Gasteiger partial charge in [-0.05, 0) is 41.1 Å². The van der Waals surface area contributed by atoms with Gasteiger partial charge in [0.15, 0.2) is 5.82 Å². The summed E-state index contributed by atoms with van der Waals surface area (Å²) in [5, 5.41) is 9.82. The van der Waals surface area contributed by atoms with Gasteiger partial charge in [-0.3, -0.25) is 9.59 Å². The Morgan fingerprint density at radius 1 is 1.22 bits per heavy atom. The number of morpholine rings is 1. The molecular formula is C24H38BrN5O6. The molecule has 202 valence electrons. The lowest BCUT2D eigenvalue weighted by Gasteiger charge is -2.43. The van der Waals surface area contributed by atoms with Gasteiger partial charge < -0.3 is 33.8 Å². The number of unbranched alkanes of at least 4 members (excludes halogenated alkanes) is 1. The summed E-state index contributed by atoms with van der Waals surface area (Å²) in [5.41, 5.74) is 0. The molecule has 3 amide bonds. The van der Waals surface area contributed by atoms with Crippen LogP contribution in [0, 0.1) is 11.8 Å². The molecule has 12 heteroatoms. The Hall–Kier alpha value is -2.18. The third-order valence-electron chi connectivity index (χ3n) is 6.57. The van der Waals surface area contributed by atoms with Crippen LogP contribution in [0.25, 0.3) is 0 Å². The molecule has 0 aromatic carbocycles.